The summed E-state index contributed by atoms with van der Waals surface area (Å²) in [6.45, 7) is 4.89. The van der Waals surface area contributed by atoms with Gasteiger partial charge in [0, 0.05) is 0 Å². The molecule has 0 N–H and O–H groups in total. The first kappa shape index (κ1) is 10.5. The van der Waals surface area contributed by atoms with Crippen molar-refractivity contribution in [2.24, 2.45) is 10.8 Å². The van der Waals surface area contributed by atoms with Crippen LogP contribution >= 0.6 is 0 Å². The Morgan fingerprint density at radius 1 is 0.643 bits per heavy atom. The maximum atomic E-state index is 2.45. The molecule has 0 atom stereocenters. The lowest BCUT2D eigenvalue weighted by molar-refractivity contribution is -0.0620. The highest BCUT2D eigenvalue weighted by Crippen LogP contribution is 2.62. The number of fused-ring (bicyclic) bond motifs is 1. The van der Waals surface area contributed by atoms with E-state index in [0.29, 0.717) is 0 Å². The molecule has 2 fully saturated rings. The Labute approximate surface area is 89.5 Å². The van der Waals surface area contributed by atoms with Crippen LogP contribution in [0.2, 0.25) is 0 Å². The SMILES string of the molecule is CCC12CCCCC1(CC)CCCC2. The second-order valence-corrected chi connectivity index (χ2v) is 5.68. The quantitative estimate of drug-likeness (QED) is 0.585. The summed E-state index contributed by atoms with van der Waals surface area (Å²) in [5.41, 5.74) is 1.52. The van der Waals surface area contributed by atoms with Gasteiger partial charge in [0.25, 0.3) is 0 Å². The van der Waals surface area contributed by atoms with Crippen molar-refractivity contribution in [1.82, 2.24) is 0 Å². The molecule has 0 nitrogen and oxygen atoms in total. The van der Waals surface area contributed by atoms with E-state index in [4.69, 9.17) is 0 Å². The van der Waals surface area contributed by atoms with E-state index < -0.39 is 0 Å². The molecule has 0 aromatic heterocycles. The van der Waals surface area contributed by atoms with Gasteiger partial charge in [-0.3, -0.25) is 0 Å². The van der Waals surface area contributed by atoms with Crippen LogP contribution in [0.3, 0.4) is 0 Å². The van der Waals surface area contributed by atoms with Crippen LogP contribution in [0, 0.1) is 10.8 Å². The van der Waals surface area contributed by atoms with Gasteiger partial charge in [-0.15, -0.1) is 0 Å². The molecule has 0 aliphatic heterocycles. The minimum atomic E-state index is 0.762. The van der Waals surface area contributed by atoms with E-state index in [1.165, 1.54) is 64.2 Å². The molecule has 2 aliphatic carbocycles. The Morgan fingerprint density at radius 3 is 1.14 bits per heavy atom. The molecule has 0 bridgehead atoms. The topological polar surface area (TPSA) is 0 Å². The lowest BCUT2D eigenvalue weighted by Gasteiger charge is -2.57. The summed E-state index contributed by atoms with van der Waals surface area (Å²) in [5, 5.41) is 0. The summed E-state index contributed by atoms with van der Waals surface area (Å²) >= 11 is 0. The first-order valence-corrected chi connectivity index (χ1v) is 6.79. The molecule has 0 saturated heterocycles. The zero-order chi connectivity index (χ0) is 10.1. The van der Waals surface area contributed by atoms with Crippen molar-refractivity contribution in [2.75, 3.05) is 0 Å². The second kappa shape index (κ2) is 3.87. The van der Waals surface area contributed by atoms with Crippen molar-refractivity contribution in [3.63, 3.8) is 0 Å². The van der Waals surface area contributed by atoms with Crippen molar-refractivity contribution in [1.29, 1.82) is 0 Å². The van der Waals surface area contributed by atoms with E-state index in [1.807, 2.05) is 0 Å². The molecule has 82 valence electrons. The molecule has 0 aromatic carbocycles. The maximum Gasteiger partial charge on any atom is -0.0244 e. The molecular weight excluding hydrogens is 168 g/mol. The van der Waals surface area contributed by atoms with Gasteiger partial charge in [0.2, 0.25) is 0 Å². The van der Waals surface area contributed by atoms with E-state index in [0.717, 1.165) is 10.8 Å². The van der Waals surface area contributed by atoms with E-state index in [1.54, 1.807) is 0 Å². The highest BCUT2D eigenvalue weighted by atomic mass is 14.6. The summed E-state index contributed by atoms with van der Waals surface area (Å²) in [4.78, 5) is 0. The lowest BCUT2D eigenvalue weighted by atomic mass is 9.48. The third-order valence-corrected chi connectivity index (χ3v) is 5.60. The molecule has 0 unspecified atom stereocenters. The average Bonchev–Trinajstić information content (AvgIpc) is 2.28. The van der Waals surface area contributed by atoms with Crippen LogP contribution in [0.4, 0.5) is 0 Å². The van der Waals surface area contributed by atoms with Crippen molar-refractivity contribution in [2.45, 2.75) is 78.1 Å². The fourth-order valence-corrected chi connectivity index (χ4v) is 4.62. The minimum absolute atomic E-state index is 0.762. The van der Waals surface area contributed by atoms with Gasteiger partial charge in [0.15, 0.2) is 0 Å². The van der Waals surface area contributed by atoms with Crippen LogP contribution in [0.5, 0.6) is 0 Å². The standard InChI is InChI=1S/C14H26/c1-3-13-9-5-7-11-14(13,4-2)12-8-6-10-13/h3-12H2,1-2H3. The Balaban J connectivity index is 2.27. The van der Waals surface area contributed by atoms with Gasteiger partial charge in [-0.25, -0.2) is 0 Å². The smallest absolute Gasteiger partial charge is 0.0244 e. The van der Waals surface area contributed by atoms with Crippen molar-refractivity contribution in [3.05, 3.63) is 0 Å². The van der Waals surface area contributed by atoms with E-state index in [2.05, 4.69) is 13.8 Å². The minimum Gasteiger partial charge on any atom is -0.0648 e. The fourth-order valence-electron chi connectivity index (χ4n) is 4.62. The zero-order valence-corrected chi connectivity index (χ0v) is 10.1. The molecule has 0 spiro atoms. The predicted octanol–water partition coefficient (Wildman–Crippen LogP) is 4.93. The van der Waals surface area contributed by atoms with Crippen molar-refractivity contribution in [3.8, 4) is 0 Å². The Kier molecular flexibility index (Phi) is 2.91. The first-order valence-electron chi connectivity index (χ1n) is 6.79. The first-order chi connectivity index (χ1) is 6.79. The Morgan fingerprint density at radius 2 is 0.929 bits per heavy atom. The second-order valence-electron chi connectivity index (χ2n) is 5.68. The average molecular weight is 194 g/mol. The van der Waals surface area contributed by atoms with Gasteiger partial charge < -0.3 is 0 Å². The summed E-state index contributed by atoms with van der Waals surface area (Å²) < 4.78 is 0. The monoisotopic (exact) mass is 194 g/mol. The summed E-state index contributed by atoms with van der Waals surface area (Å²) in [6.07, 6.45) is 15.1. The van der Waals surface area contributed by atoms with Crippen LogP contribution in [0.25, 0.3) is 0 Å². The number of hydrogen-bond acceptors (Lipinski definition) is 0. The summed E-state index contributed by atoms with van der Waals surface area (Å²) in [7, 11) is 0. The molecule has 0 aromatic rings. The van der Waals surface area contributed by atoms with Crippen LogP contribution in [-0.4, -0.2) is 0 Å². The molecular formula is C14H26. The molecule has 2 aliphatic rings. The number of rotatable bonds is 2. The zero-order valence-electron chi connectivity index (χ0n) is 10.1. The highest BCUT2D eigenvalue weighted by Gasteiger charge is 2.50. The van der Waals surface area contributed by atoms with Gasteiger partial charge in [0.05, 0.1) is 0 Å². The van der Waals surface area contributed by atoms with Gasteiger partial charge >= 0.3 is 0 Å². The lowest BCUT2D eigenvalue weighted by Crippen LogP contribution is -2.46. The van der Waals surface area contributed by atoms with Gasteiger partial charge in [-0.1, -0.05) is 39.5 Å². The number of hydrogen-bond donors (Lipinski definition) is 0. The predicted molar refractivity (Wildman–Crippen MR) is 62.4 cm³/mol. The summed E-state index contributed by atoms with van der Waals surface area (Å²) in [5.74, 6) is 0. The van der Waals surface area contributed by atoms with Crippen LogP contribution < -0.4 is 0 Å². The molecule has 2 rings (SSSR count). The molecule has 0 amide bonds. The third-order valence-electron chi connectivity index (χ3n) is 5.60. The van der Waals surface area contributed by atoms with E-state index >= 15 is 0 Å². The molecule has 2 saturated carbocycles. The Bertz CT molecular complexity index is 158. The maximum absolute atomic E-state index is 2.45. The normalized spacial score (nSPS) is 43.3. The van der Waals surface area contributed by atoms with Crippen LogP contribution in [0.15, 0.2) is 0 Å². The highest BCUT2D eigenvalue weighted by molar-refractivity contribution is 5.01. The summed E-state index contributed by atoms with van der Waals surface area (Å²) in [6, 6.07) is 0. The molecule has 14 heavy (non-hydrogen) atoms. The molecule has 0 heteroatoms. The van der Waals surface area contributed by atoms with E-state index in [-0.39, 0.29) is 0 Å². The van der Waals surface area contributed by atoms with Gasteiger partial charge in [-0.2, -0.15) is 0 Å². The Hall–Kier alpha value is 0. The van der Waals surface area contributed by atoms with E-state index in [9.17, 15) is 0 Å². The van der Waals surface area contributed by atoms with Crippen molar-refractivity contribution < 1.29 is 0 Å². The van der Waals surface area contributed by atoms with Gasteiger partial charge in [-0.05, 0) is 49.4 Å². The third kappa shape index (κ3) is 1.33. The van der Waals surface area contributed by atoms with Crippen molar-refractivity contribution >= 4 is 0 Å². The van der Waals surface area contributed by atoms with Gasteiger partial charge in [0.1, 0.15) is 0 Å². The molecule has 0 radical (unpaired) electrons. The van der Waals surface area contributed by atoms with Crippen LogP contribution in [-0.2, 0) is 0 Å². The van der Waals surface area contributed by atoms with Crippen LogP contribution in [0.1, 0.15) is 78.1 Å². The largest absolute Gasteiger partial charge is 0.0648 e. The molecule has 0 heterocycles. The fraction of sp³-hybridized carbons (Fsp3) is 1.00.